The summed E-state index contributed by atoms with van der Waals surface area (Å²) in [5, 5.41) is 2.45. The van der Waals surface area contributed by atoms with Gasteiger partial charge in [-0.1, -0.05) is 32.9 Å². The van der Waals surface area contributed by atoms with Crippen molar-refractivity contribution >= 4 is 15.7 Å². The smallest absolute Gasteiger partial charge is 0.235 e. The molecule has 3 N–H and O–H groups in total. The number of sulfone groups is 1. The molecule has 1 aromatic rings. The Kier molecular flexibility index (Phi) is 5.30. The lowest BCUT2D eigenvalue weighted by Gasteiger charge is -2.19. The predicted octanol–water partition coefficient (Wildman–Crippen LogP) is 0.833. The molecule has 1 aromatic carbocycles. The van der Waals surface area contributed by atoms with E-state index in [-0.39, 0.29) is 23.4 Å². The van der Waals surface area contributed by atoms with Crippen molar-refractivity contribution in [1.29, 1.82) is 0 Å². The molecule has 0 unspecified atom stereocenters. The zero-order valence-corrected chi connectivity index (χ0v) is 13.0. The van der Waals surface area contributed by atoms with Crippen LogP contribution in [0, 0.1) is 0 Å². The predicted molar refractivity (Wildman–Crippen MR) is 79.3 cm³/mol. The van der Waals surface area contributed by atoms with Crippen LogP contribution in [0.25, 0.3) is 0 Å². The number of amides is 1. The molecule has 0 spiro atoms. The Morgan fingerprint density at radius 1 is 1.20 bits per heavy atom. The first-order chi connectivity index (χ1) is 9.16. The van der Waals surface area contributed by atoms with Gasteiger partial charge in [-0.2, -0.15) is 0 Å². The molecule has 1 rings (SSSR count). The quantitative estimate of drug-likeness (QED) is 0.842. The second kappa shape index (κ2) is 6.37. The molecule has 0 atom stereocenters. The zero-order chi connectivity index (χ0) is 15.4. The minimum absolute atomic E-state index is 0.0409. The van der Waals surface area contributed by atoms with Crippen LogP contribution in [0.1, 0.15) is 26.3 Å². The van der Waals surface area contributed by atoms with Gasteiger partial charge in [0.25, 0.3) is 0 Å². The Morgan fingerprint density at radius 2 is 1.75 bits per heavy atom. The molecule has 112 valence electrons. The molecule has 0 aliphatic heterocycles. The number of carbonyl (C=O) groups is 1. The van der Waals surface area contributed by atoms with Crippen LogP contribution in [0.3, 0.4) is 0 Å². The van der Waals surface area contributed by atoms with Crippen molar-refractivity contribution in [2.24, 2.45) is 5.73 Å². The fourth-order valence-corrected chi connectivity index (χ4v) is 2.85. The topological polar surface area (TPSA) is 89.3 Å². The first kappa shape index (κ1) is 16.7. The summed E-state index contributed by atoms with van der Waals surface area (Å²) in [7, 11) is -3.61. The first-order valence-electron chi connectivity index (χ1n) is 6.47. The van der Waals surface area contributed by atoms with Gasteiger partial charge in [0, 0.05) is 13.1 Å². The molecule has 0 aliphatic carbocycles. The molecule has 6 heteroatoms. The highest BCUT2D eigenvalue weighted by atomic mass is 32.2. The fraction of sp³-hybridized carbons (Fsp3) is 0.500. The van der Waals surface area contributed by atoms with Crippen LogP contribution in [0.4, 0.5) is 0 Å². The third-order valence-corrected chi connectivity index (χ3v) is 4.50. The molecule has 5 nitrogen and oxygen atoms in total. The maximum absolute atomic E-state index is 12.1. The van der Waals surface area contributed by atoms with E-state index in [2.05, 4.69) is 26.1 Å². The lowest BCUT2D eigenvalue weighted by molar-refractivity contribution is -0.118. The van der Waals surface area contributed by atoms with Gasteiger partial charge in [0.2, 0.25) is 5.91 Å². The average Bonchev–Trinajstić information content (AvgIpc) is 2.35. The van der Waals surface area contributed by atoms with Gasteiger partial charge in [0.1, 0.15) is 5.75 Å². The highest BCUT2D eigenvalue weighted by Crippen LogP contribution is 2.23. The van der Waals surface area contributed by atoms with E-state index < -0.39 is 21.5 Å². The van der Waals surface area contributed by atoms with Gasteiger partial charge in [0.05, 0.1) is 4.90 Å². The van der Waals surface area contributed by atoms with E-state index in [0.29, 0.717) is 0 Å². The molecule has 0 bridgehead atoms. The molecule has 0 radical (unpaired) electrons. The van der Waals surface area contributed by atoms with Gasteiger partial charge in [-0.15, -0.1) is 0 Å². The van der Waals surface area contributed by atoms with Crippen LogP contribution >= 0.6 is 0 Å². The molecule has 0 heterocycles. The van der Waals surface area contributed by atoms with Gasteiger partial charge in [-0.05, 0) is 23.1 Å². The Bertz CT molecular complexity index is 557. The van der Waals surface area contributed by atoms with E-state index in [1.807, 2.05) is 0 Å². The number of carbonyl (C=O) groups excluding carboxylic acids is 1. The average molecular weight is 298 g/mol. The van der Waals surface area contributed by atoms with E-state index in [1.54, 1.807) is 24.3 Å². The number of rotatable bonds is 5. The number of nitrogens with two attached hydrogens (primary N) is 1. The molecule has 0 aliphatic rings. The van der Waals surface area contributed by atoms with E-state index in [1.165, 1.54) is 0 Å². The van der Waals surface area contributed by atoms with Crippen molar-refractivity contribution in [3.05, 3.63) is 29.8 Å². The van der Waals surface area contributed by atoms with Crippen molar-refractivity contribution in [3.63, 3.8) is 0 Å². The molecular formula is C14H22N2O3S. The minimum Gasteiger partial charge on any atom is -0.354 e. The van der Waals surface area contributed by atoms with Gasteiger partial charge in [-0.25, -0.2) is 8.42 Å². The SMILES string of the molecule is CC(C)(C)c1ccc(S(=O)(=O)CC(=O)NCCN)cc1. The normalized spacial score (nSPS) is 12.2. The summed E-state index contributed by atoms with van der Waals surface area (Å²) in [6.45, 7) is 6.72. The van der Waals surface area contributed by atoms with Crippen molar-refractivity contribution < 1.29 is 13.2 Å². The van der Waals surface area contributed by atoms with E-state index in [9.17, 15) is 13.2 Å². The molecule has 0 aromatic heterocycles. The second-order valence-electron chi connectivity index (χ2n) is 5.67. The maximum atomic E-state index is 12.1. The Morgan fingerprint density at radius 3 is 2.20 bits per heavy atom. The monoisotopic (exact) mass is 298 g/mol. The molecule has 1 amide bonds. The number of hydrogen-bond acceptors (Lipinski definition) is 4. The Balaban J connectivity index is 2.86. The second-order valence-corrected chi connectivity index (χ2v) is 7.66. The van der Waals surface area contributed by atoms with E-state index in [0.717, 1.165) is 5.56 Å². The fourth-order valence-electron chi connectivity index (χ4n) is 1.68. The Hall–Kier alpha value is -1.40. The van der Waals surface area contributed by atoms with Crippen LogP contribution in [-0.2, 0) is 20.0 Å². The molecule has 20 heavy (non-hydrogen) atoms. The standard InChI is InChI=1S/C14H22N2O3S/c1-14(2,3)11-4-6-12(7-5-11)20(18,19)10-13(17)16-9-8-15/h4-7H,8-10,15H2,1-3H3,(H,16,17). The molecular weight excluding hydrogens is 276 g/mol. The van der Waals surface area contributed by atoms with Crippen molar-refractivity contribution in [2.75, 3.05) is 18.8 Å². The largest absolute Gasteiger partial charge is 0.354 e. The van der Waals surface area contributed by atoms with Gasteiger partial charge >= 0.3 is 0 Å². The third-order valence-electron chi connectivity index (χ3n) is 2.87. The van der Waals surface area contributed by atoms with Crippen LogP contribution in [0.15, 0.2) is 29.2 Å². The summed E-state index contributed by atoms with van der Waals surface area (Å²) in [5.74, 6) is -1.09. The van der Waals surface area contributed by atoms with Crippen LogP contribution in [-0.4, -0.2) is 33.2 Å². The number of hydrogen-bond donors (Lipinski definition) is 2. The van der Waals surface area contributed by atoms with Crippen LogP contribution in [0.2, 0.25) is 0 Å². The zero-order valence-electron chi connectivity index (χ0n) is 12.1. The molecule has 0 saturated carbocycles. The number of benzene rings is 1. The molecule has 0 saturated heterocycles. The Labute approximate surface area is 120 Å². The first-order valence-corrected chi connectivity index (χ1v) is 8.12. The summed E-state index contributed by atoms with van der Waals surface area (Å²) >= 11 is 0. The highest BCUT2D eigenvalue weighted by molar-refractivity contribution is 7.92. The summed E-state index contributed by atoms with van der Waals surface area (Å²) in [5.41, 5.74) is 6.25. The molecule has 0 fully saturated rings. The lowest BCUT2D eigenvalue weighted by atomic mass is 9.87. The maximum Gasteiger partial charge on any atom is 0.235 e. The van der Waals surface area contributed by atoms with Crippen molar-refractivity contribution in [2.45, 2.75) is 31.1 Å². The summed E-state index contributed by atoms with van der Waals surface area (Å²) < 4.78 is 24.1. The van der Waals surface area contributed by atoms with Crippen molar-refractivity contribution in [1.82, 2.24) is 5.32 Å². The summed E-state index contributed by atoms with van der Waals surface area (Å²) in [4.78, 5) is 11.6. The van der Waals surface area contributed by atoms with Gasteiger partial charge in [0.15, 0.2) is 9.84 Å². The van der Waals surface area contributed by atoms with Gasteiger partial charge in [-0.3, -0.25) is 4.79 Å². The third kappa shape index (κ3) is 4.61. The highest BCUT2D eigenvalue weighted by Gasteiger charge is 2.20. The van der Waals surface area contributed by atoms with E-state index in [4.69, 9.17) is 5.73 Å². The minimum atomic E-state index is -3.61. The van der Waals surface area contributed by atoms with Crippen LogP contribution in [0.5, 0.6) is 0 Å². The summed E-state index contributed by atoms with van der Waals surface area (Å²) in [6.07, 6.45) is 0. The van der Waals surface area contributed by atoms with Crippen molar-refractivity contribution in [3.8, 4) is 0 Å². The van der Waals surface area contributed by atoms with Crippen LogP contribution < -0.4 is 11.1 Å². The number of nitrogens with one attached hydrogen (secondary N) is 1. The lowest BCUT2D eigenvalue weighted by Crippen LogP contribution is -2.33. The van der Waals surface area contributed by atoms with Gasteiger partial charge < -0.3 is 11.1 Å². The van der Waals surface area contributed by atoms with E-state index >= 15 is 0 Å². The summed E-state index contributed by atoms with van der Waals surface area (Å²) in [6, 6.07) is 6.66.